The molecule has 1 saturated heterocycles. The van der Waals surface area contributed by atoms with Crippen molar-refractivity contribution in [1.29, 1.82) is 0 Å². The van der Waals surface area contributed by atoms with Crippen molar-refractivity contribution in [3.8, 4) is 11.5 Å². The Morgan fingerprint density at radius 2 is 1.91 bits per heavy atom. The quantitative estimate of drug-likeness (QED) is 0.872. The average Bonchev–Trinajstić information content (AvgIpc) is 3.13. The van der Waals surface area contributed by atoms with E-state index in [1.54, 1.807) is 14.2 Å². The molecule has 0 unspecified atom stereocenters. The van der Waals surface area contributed by atoms with Gasteiger partial charge in [0.25, 0.3) is 0 Å². The fourth-order valence-corrected chi connectivity index (χ4v) is 3.31. The zero-order chi connectivity index (χ0) is 16.4. The molecule has 1 heterocycles. The van der Waals surface area contributed by atoms with E-state index in [4.69, 9.17) is 9.47 Å². The van der Waals surface area contributed by atoms with E-state index in [-0.39, 0.29) is 17.9 Å². The molecule has 1 aliphatic carbocycles. The third-order valence-corrected chi connectivity index (χ3v) is 4.88. The van der Waals surface area contributed by atoms with Crippen molar-refractivity contribution in [2.45, 2.75) is 32.4 Å². The van der Waals surface area contributed by atoms with Crippen LogP contribution in [0.4, 0.5) is 0 Å². The lowest BCUT2D eigenvalue weighted by atomic mass is 10.2. The highest BCUT2D eigenvalue weighted by atomic mass is 16.5. The Morgan fingerprint density at radius 1 is 1.26 bits per heavy atom. The second-order valence-electron chi connectivity index (χ2n) is 6.77. The summed E-state index contributed by atoms with van der Waals surface area (Å²) in [4.78, 5) is 14.4. The van der Waals surface area contributed by atoms with E-state index >= 15 is 0 Å². The van der Waals surface area contributed by atoms with Crippen molar-refractivity contribution in [3.05, 3.63) is 23.8 Å². The SMILES string of the molecule is COc1cc(CN2CC[C@H](NC(=O)[C@H]3C[C@@H]3C)C2)cc(OC)c1. The number of methoxy groups -OCH3 is 2. The van der Waals surface area contributed by atoms with Crippen molar-refractivity contribution in [2.24, 2.45) is 11.8 Å². The molecule has 0 radical (unpaired) electrons. The number of carbonyl (C=O) groups excluding carboxylic acids is 1. The Labute approximate surface area is 137 Å². The molecule has 3 rings (SSSR count). The standard InChI is InChI=1S/C18H26N2O3/c1-12-6-17(12)18(21)19-14-4-5-20(11-14)10-13-7-15(22-2)9-16(8-13)23-3/h7-9,12,14,17H,4-6,10-11H2,1-3H3,(H,19,21)/t12-,14-,17-/m0/s1. The normalized spacial score (nSPS) is 26.8. The van der Waals surface area contributed by atoms with Crippen molar-refractivity contribution < 1.29 is 14.3 Å². The van der Waals surface area contributed by atoms with E-state index in [0.29, 0.717) is 5.92 Å². The van der Waals surface area contributed by atoms with Gasteiger partial charge in [-0.3, -0.25) is 9.69 Å². The molecule has 1 aromatic carbocycles. The number of nitrogens with one attached hydrogen (secondary N) is 1. The summed E-state index contributed by atoms with van der Waals surface area (Å²) in [5.74, 6) is 2.69. The zero-order valence-electron chi connectivity index (χ0n) is 14.2. The van der Waals surface area contributed by atoms with Gasteiger partial charge in [-0.15, -0.1) is 0 Å². The molecule has 1 aromatic rings. The van der Waals surface area contributed by atoms with Crippen LogP contribution in [0.25, 0.3) is 0 Å². The second kappa shape index (κ2) is 6.79. The average molecular weight is 318 g/mol. The van der Waals surface area contributed by atoms with E-state index in [2.05, 4.69) is 17.1 Å². The van der Waals surface area contributed by atoms with Crippen LogP contribution in [-0.2, 0) is 11.3 Å². The monoisotopic (exact) mass is 318 g/mol. The summed E-state index contributed by atoms with van der Waals surface area (Å²) < 4.78 is 10.6. The number of ether oxygens (including phenoxy) is 2. The van der Waals surface area contributed by atoms with Crippen LogP contribution in [0, 0.1) is 11.8 Å². The van der Waals surface area contributed by atoms with Gasteiger partial charge in [0, 0.05) is 37.7 Å². The number of nitrogens with zero attached hydrogens (tertiary/aromatic N) is 1. The first-order valence-electron chi connectivity index (χ1n) is 8.33. The van der Waals surface area contributed by atoms with Gasteiger partial charge in [-0.1, -0.05) is 6.92 Å². The molecule has 1 N–H and O–H groups in total. The molecular weight excluding hydrogens is 292 g/mol. The van der Waals surface area contributed by atoms with Gasteiger partial charge in [-0.2, -0.15) is 0 Å². The lowest BCUT2D eigenvalue weighted by Gasteiger charge is -2.18. The summed E-state index contributed by atoms with van der Waals surface area (Å²) in [6.07, 6.45) is 2.07. The molecule has 5 nitrogen and oxygen atoms in total. The molecule has 1 saturated carbocycles. The first kappa shape index (κ1) is 16.1. The Balaban J connectivity index is 1.54. The van der Waals surface area contributed by atoms with Crippen LogP contribution >= 0.6 is 0 Å². The maximum absolute atomic E-state index is 12.0. The molecule has 2 fully saturated rings. The van der Waals surface area contributed by atoms with Gasteiger partial charge in [0.15, 0.2) is 0 Å². The Hall–Kier alpha value is -1.75. The van der Waals surface area contributed by atoms with Crippen LogP contribution in [0.3, 0.4) is 0 Å². The summed E-state index contributed by atoms with van der Waals surface area (Å²) >= 11 is 0. The number of hydrogen-bond acceptors (Lipinski definition) is 4. The summed E-state index contributed by atoms with van der Waals surface area (Å²) in [5, 5.41) is 3.20. The summed E-state index contributed by atoms with van der Waals surface area (Å²) in [7, 11) is 3.33. The van der Waals surface area contributed by atoms with E-state index in [1.807, 2.05) is 18.2 Å². The van der Waals surface area contributed by atoms with Gasteiger partial charge in [-0.25, -0.2) is 0 Å². The highest BCUT2D eigenvalue weighted by Crippen LogP contribution is 2.37. The molecule has 0 spiro atoms. The van der Waals surface area contributed by atoms with Gasteiger partial charge in [0.05, 0.1) is 14.2 Å². The van der Waals surface area contributed by atoms with Gasteiger partial charge in [0.1, 0.15) is 11.5 Å². The molecule has 0 bridgehead atoms. The Kier molecular flexibility index (Phi) is 4.76. The molecule has 0 aromatic heterocycles. The smallest absolute Gasteiger partial charge is 0.223 e. The van der Waals surface area contributed by atoms with Crippen LogP contribution in [0.1, 0.15) is 25.3 Å². The maximum atomic E-state index is 12.0. The van der Waals surface area contributed by atoms with Crippen LogP contribution < -0.4 is 14.8 Å². The molecule has 23 heavy (non-hydrogen) atoms. The van der Waals surface area contributed by atoms with Crippen molar-refractivity contribution >= 4 is 5.91 Å². The van der Waals surface area contributed by atoms with E-state index < -0.39 is 0 Å². The van der Waals surface area contributed by atoms with Gasteiger partial charge in [0.2, 0.25) is 5.91 Å². The molecule has 1 aliphatic heterocycles. The number of likely N-dealkylation sites (tertiary alicyclic amines) is 1. The van der Waals surface area contributed by atoms with Crippen molar-refractivity contribution in [1.82, 2.24) is 10.2 Å². The second-order valence-corrected chi connectivity index (χ2v) is 6.77. The summed E-state index contributed by atoms with van der Waals surface area (Å²) in [6.45, 7) is 4.90. The summed E-state index contributed by atoms with van der Waals surface area (Å²) in [6, 6.07) is 6.25. The lowest BCUT2D eigenvalue weighted by molar-refractivity contribution is -0.123. The van der Waals surface area contributed by atoms with Gasteiger partial charge >= 0.3 is 0 Å². The van der Waals surface area contributed by atoms with Crippen molar-refractivity contribution in [2.75, 3.05) is 27.3 Å². The fourth-order valence-electron chi connectivity index (χ4n) is 3.31. The molecular formula is C18H26N2O3. The number of benzene rings is 1. The number of rotatable bonds is 6. The van der Waals surface area contributed by atoms with Crippen molar-refractivity contribution in [3.63, 3.8) is 0 Å². The third kappa shape index (κ3) is 3.96. The maximum Gasteiger partial charge on any atom is 0.223 e. The molecule has 2 aliphatic rings. The van der Waals surface area contributed by atoms with E-state index in [9.17, 15) is 4.79 Å². The minimum atomic E-state index is 0.243. The predicted molar refractivity (Wildman–Crippen MR) is 88.6 cm³/mol. The van der Waals surface area contributed by atoms with E-state index in [0.717, 1.165) is 44.0 Å². The molecule has 3 atom stereocenters. The first-order valence-corrected chi connectivity index (χ1v) is 8.33. The number of carbonyl (C=O) groups is 1. The molecule has 5 heteroatoms. The lowest BCUT2D eigenvalue weighted by Crippen LogP contribution is -2.38. The largest absolute Gasteiger partial charge is 0.497 e. The summed E-state index contributed by atoms with van der Waals surface area (Å²) in [5.41, 5.74) is 1.17. The number of hydrogen-bond donors (Lipinski definition) is 1. The predicted octanol–water partition coefficient (Wildman–Crippen LogP) is 2.05. The zero-order valence-corrected chi connectivity index (χ0v) is 14.2. The highest BCUT2D eigenvalue weighted by Gasteiger charge is 2.40. The van der Waals surface area contributed by atoms with E-state index in [1.165, 1.54) is 5.56 Å². The van der Waals surface area contributed by atoms with Crippen LogP contribution in [-0.4, -0.2) is 44.2 Å². The van der Waals surface area contributed by atoms with Gasteiger partial charge < -0.3 is 14.8 Å². The fraction of sp³-hybridized carbons (Fsp3) is 0.611. The third-order valence-electron chi connectivity index (χ3n) is 4.88. The minimum Gasteiger partial charge on any atom is -0.497 e. The number of amides is 1. The molecule has 1 amide bonds. The highest BCUT2D eigenvalue weighted by molar-refractivity contribution is 5.81. The Morgan fingerprint density at radius 3 is 2.48 bits per heavy atom. The first-order chi connectivity index (χ1) is 11.1. The minimum absolute atomic E-state index is 0.243. The molecule has 126 valence electrons. The van der Waals surface area contributed by atoms with Crippen LogP contribution in [0.15, 0.2) is 18.2 Å². The van der Waals surface area contributed by atoms with Crippen LogP contribution in [0.5, 0.6) is 11.5 Å². The van der Waals surface area contributed by atoms with Gasteiger partial charge in [-0.05, 0) is 36.5 Å². The Bertz CT molecular complexity index is 553. The van der Waals surface area contributed by atoms with Crippen LogP contribution in [0.2, 0.25) is 0 Å². The topological polar surface area (TPSA) is 50.8 Å².